The van der Waals surface area contributed by atoms with Crippen molar-refractivity contribution in [3.05, 3.63) is 11.6 Å². The summed E-state index contributed by atoms with van der Waals surface area (Å²) in [5.41, 5.74) is 0.694. The van der Waals surface area contributed by atoms with E-state index in [4.69, 9.17) is 4.74 Å². The van der Waals surface area contributed by atoms with E-state index in [1.54, 1.807) is 0 Å². The average molecular weight is 166 g/mol. The molecule has 2 nitrogen and oxygen atoms in total. The molecule has 0 radical (unpaired) electrons. The lowest BCUT2D eigenvalue weighted by Gasteiger charge is -2.18. The third kappa shape index (κ3) is 1.06. The summed E-state index contributed by atoms with van der Waals surface area (Å²) in [7, 11) is 0. The highest BCUT2D eigenvalue weighted by Crippen LogP contribution is 2.40. The van der Waals surface area contributed by atoms with Crippen LogP contribution in [-0.4, -0.2) is 11.6 Å². The summed E-state index contributed by atoms with van der Waals surface area (Å²) in [4.78, 5) is 11.3. The molecule has 1 aliphatic carbocycles. The van der Waals surface area contributed by atoms with Gasteiger partial charge in [0.1, 0.15) is 5.60 Å². The van der Waals surface area contributed by atoms with Gasteiger partial charge in [0.25, 0.3) is 0 Å². The average Bonchev–Trinajstić information content (AvgIpc) is 2.60. The molecular formula is C10H14O2. The normalized spacial score (nSPS) is 26.1. The molecule has 0 atom stereocenters. The van der Waals surface area contributed by atoms with Crippen LogP contribution in [-0.2, 0) is 9.53 Å². The molecule has 0 unspecified atom stereocenters. The van der Waals surface area contributed by atoms with E-state index in [1.807, 2.05) is 6.92 Å². The van der Waals surface area contributed by atoms with Crippen LogP contribution in [0.3, 0.4) is 0 Å². The minimum atomic E-state index is -0.178. The van der Waals surface area contributed by atoms with E-state index in [0.717, 1.165) is 24.8 Å². The lowest BCUT2D eigenvalue weighted by Crippen LogP contribution is -2.23. The Morgan fingerprint density at radius 1 is 1.50 bits per heavy atom. The fourth-order valence-corrected chi connectivity index (χ4v) is 2.12. The maximum atomic E-state index is 11.3. The molecule has 0 saturated heterocycles. The van der Waals surface area contributed by atoms with Crippen molar-refractivity contribution in [2.45, 2.75) is 44.6 Å². The Labute approximate surface area is 72.6 Å². The third-order valence-electron chi connectivity index (χ3n) is 2.83. The van der Waals surface area contributed by atoms with E-state index in [2.05, 4.69) is 6.08 Å². The van der Waals surface area contributed by atoms with Crippen LogP contribution < -0.4 is 0 Å². The highest BCUT2D eigenvalue weighted by Gasteiger charge is 2.41. The standard InChI is InChI=1S/C10H14O2/c1-2-8-7-10(12-9(8)11)5-3-4-6-10/h7H,2-6H2,1H3. The second kappa shape index (κ2) is 2.61. The van der Waals surface area contributed by atoms with Gasteiger partial charge in [-0.15, -0.1) is 0 Å². The molecule has 12 heavy (non-hydrogen) atoms. The predicted molar refractivity (Wildman–Crippen MR) is 45.7 cm³/mol. The largest absolute Gasteiger partial charge is 0.451 e. The molecule has 2 rings (SSSR count). The van der Waals surface area contributed by atoms with Crippen molar-refractivity contribution in [3.63, 3.8) is 0 Å². The van der Waals surface area contributed by atoms with Gasteiger partial charge in [0.2, 0.25) is 0 Å². The van der Waals surface area contributed by atoms with Gasteiger partial charge in [0.05, 0.1) is 0 Å². The van der Waals surface area contributed by atoms with Gasteiger partial charge in [-0.25, -0.2) is 4.79 Å². The molecule has 2 heteroatoms. The number of hydrogen-bond donors (Lipinski definition) is 0. The Bertz CT molecular complexity index is 234. The van der Waals surface area contributed by atoms with E-state index in [9.17, 15) is 4.79 Å². The fraction of sp³-hybridized carbons (Fsp3) is 0.700. The molecule has 0 aromatic rings. The van der Waals surface area contributed by atoms with Crippen LogP contribution >= 0.6 is 0 Å². The molecular weight excluding hydrogens is 152 g/mol. The molecule has 0 N–H and O–H groups in total. The molecule has 1 fully saturated rings. The van der Waals surface area contributed by atoms with Gasteiger partial charge in [-0.2, -0.15) is 0 Å². The van der Waals surface area contributed by atoms with Crippen molar-refractivity contribution in [1.29, 1.82) is 0 Å². The molecule has 1 saturated carbocycles. The first-order valence-corrected chi connectivity index (χ1v) is 4.71. The topological polar surface area (TPSA) is 26.3 Å². The predicted octanol–water partition coefficient (Wildman–Crippen LogP) is 2.19. The summed E-state index contributed by atoms with van der Waals surface area (Å²) in [6.45, 7) is 2.00. The van der Waals surface area contributed by atoms with Gasteiger partial charge in [-0.3, -0.25) is 0 Å². The Hall–Kier alpha value is -0.790. The molecule has 1 heterocycles. The quantitative estimate of drug-likeness (QED) is 0.558. The minimum absolute atomic E-state index is 0.0839. The summed E-state index contributed by atoms with van der Waals surface area (Å²) >= 11 is 0. The third-order valence-corrected chi connectivity index (χ3v) is 2.83. The van der Waals surface area contributed by atoms with E-state index in [1.165, 1.54) is 12.8 Å². The minimum Gasteiger partial charge on any atom is -0.451 e. The smallest absolute Gasteiger partial charge is 0.334 e. The van der Waals surface area contributed by atoms with E-state index < -0.39 is 0 Å². The first kappa shape index (κ1) is 7.84. The summed E-state index contributed by atoms with van der Waals surface area (Å²) in [5, 5.41) is 0. The van der Waals surface area contributed by atoms with Gasteiger partial charge >= 0.3 is 5.97 Å². The molecule has 0 bridgehead atoms. The Kier molecular flexibility index (Phi) is 1.71. The number of carbonyl (C=O) groups excluding carboxylic acids is 1. The van der Waals surface area contributed by atoms with Gasteiger partial charge in [0, 0.05) is 5.57 Å². The van der Waals surface area contributed by atoms with Crippen molar-refractivity contribution in [2.75, 3.05) is 0 Å². The van der Waals surface area contributed by atoms with Gasteiger partial charge < -0.3 is 4.74 Å². The number of esters is 1. The maximum Gasteiger partial charge on any atom is 0.334 e. The zero-order valence-electron chi connectivity index (χ0n) is 7.43. The van der Waals surface area contributed by atoms with Crippen LogP contribution in [0.4, 0.5) is 0 Å². The molecule has 1 spiro atoms. The van der Waals surface area contributed by atoms with Gasteiger partial charge in [-0.05, 0) is 38.2 Å². The Morgan fingerprint density at radius 3 is 2.67 bits per heavy atom. The molecule has 66 valence electrons. The lowest BCUT2D eigenvalue weighted by molar-refractivity contribution is -0.146. The van der Waals surface area contributed by atoms with Crippen molar-refractivity contribution >= 4 is 5.97 Å². The molecule has 2 aliphatic rings. The van der Waals surface area contributed by atoms with E-state index in [-0.39, 0.29) is 11.6 Å². The summed E-state index contributed by atoms with van der Waals surface area (Å²) in [6.07, 6.45) is 7.31. The first-order valence-electron chi connectivity index (χ1n) is 4.71. The van der Waals surface area contributed by atoms with Crippen molar-refractivity contribution < 1.29 is 9.53 Å². The number of carbonyl (C=O) groups is 1. The Balaban J connectivity index is 2.22. The SMILES string of the molecule is CCC1=CC2(CCCC2)OC1=O. The zero-order valence-corrected chi connectivity index (χ0v) is 7.43. The first-order chi connectivity index (χ1) is 5.76. The van der Waals surface area contributed by atoms with Crippen LogP contribution in [0.5, 0.6) is 0 Å². The van der Waals surface area contributed by atoms with Gasteiger partial charge in [-0.1, -0.05) is 6.92 Å². The zero-order chi connectivity index (χ0) is 8.60. The second-order valence-corrected chi connectivity index (χ2v) is 3.68. The monoisotopic (exact) mass is 166 g/mol. The van der Waals surface area contributed by atoms with Gasteiger partial charge in [0.15, 0.2) is 0 Å². The van der Waals surface area contributed by atoms with Crippen LogP contribution in [0.1, 0.15) is 39.0 Å². The van der Waals surface area contributed by atoms with Crippen molar-refractivity contribution in [1.82, 2.24) is 0 Å². The molecule has 1 aliphatic heterocycles. The Morgan fingerprint density at radius 2 is 2.17 bits per heavy atom. The molecule has 0 amide bonds. The van der Waals surface area contributed by atoms with E-state index in [0.29, 0.717) is 0 Å². The molecule has 0 aromatic carbocycles. The fourth-order valence-electron chi connectivity index (χ4n) is 2.12. The summed E-state index contributed by atoms with van der Waals surface area (Å²) in [6, 6.07) is 0. The van der Waals surface area contributed by atoms with Crippen molar-refractivity contribution in [3.8, 4) is 0 Å². The summed E-state index contributed by atoms with van der Waals surface area (Å²) in [5.74, 6) is -0.0839. The van der Waals surface area contributed by atoms with Crippen LogP contribution in [0.25, 0.3) is 0 Å². The highest BCUT2D eigenvalue weighted by molar-refractivity contribution is 5.91. The second-order valence-electron chi connectivity index (χ2n) is 3.68. The number of ether oxygens (including phenoxy) is 1. The van der Waals surface area contributed by atoms with Crippen LogP contribution in [0.15, 0.2) is 11.6 Å². The highest BCUT2D eigenvalue weighted by atomic mass is 16.6. The number of hydrogen-bond acceptors (Lipinski definition) is 2. The van der Waals surface area contributed by atoms with Crippen LogP contribution in [0.2, 0.25) is 0 Å². The molecule has 0 aromatic heterocycles. The maximum absolute atomic E-state index is 11.3. The van der Waals surface area contributed by atoms with E-state index >= 15 is 0 Å². The van der Waals surface area contributed by atoms with Crippen LogP contribution in [0, 0.1) is 0 Å². The summed E-state index contributed by atoms with van der Waals surface area (Å²) < 4.78 is 5.38. The lowest BCUT2D eigenvalue weighted by atomic mass is 10.0. The number of rotatable bonds is 1. The van der Waals surface area contributed by atoms with Crippen molar-refractivity contribution in [2.24, 2.45) is 0 Å².